The molecule has 1 saturated heterocycles. The van der Waals surface area contributed by atoms with Crippen molar-refractivity contribution in [3.63, 3.8) is 0 Å². The van der Waals surface area contributed by atoms with E-state index in [-0.39, 0.29) is 11.0 Å². The highest BCUT2D eigenvalue weighted by atomic mass is 32.2. The summed E-state index contributed by atoms with van der Waals surface area (Å²) in [5, 5.41) is 5.52. The first kappa shape index (κ1) is 19.5. The third-order valence-corrected chi connectivity index (χ3v) is 4.92. The van der Waals surface area contributed by atoms with Gasteiger partial charge < -0.3 is 15.4 Å². The van der Waals surface area contributed by atoms with Crippen LogP contribution in [0.25, 0.3) is 0 Å². The van der Waals surface area contributed by atoms with Crippen molar-refractivity contribution in [2.75, 3.05) is 18.8 Å². The molecule has 0 spiro atoms. The Balaban J connectivity index is 1.97. The average molecular weight is 364 g/mol. The van der Waals surface area contributed by atoms with Gasteiger partial charge in [0.1, 0.15) is 6.04 Å². The van der Waals surface area contributed by atoms with Gasteiger partial charge >= 0.3 is 11.9 Å². The summed E-state index contributed by atoms with van der Waals surface area (Å²) in [4.78, 5) is 36.2. The van der Waals surface area contributed by atoms with Crippen molar-refractivity contribution in [3.05, 3.63) is 35.9 Å². The molecule has 25 heavy (non-hydrogen) atoms. The number of thioether (sulfide) groups is 1. The summed E-state index contributed by atoms with van der Waals surface area (Å²) in [6, 6.07) is 9.10. The highest BCUT2D eigenvalue weighted by Crippen LogP contribution is 2.18. The fraction of sp³-hybridized carbons (Fsp3) is 0.500. The fourth-order valence-corrected chi connectivity index (χ4v) is 3.47. The van der Waals surface area contributed by atoms with Crippen molar-refractivity contribution in [3.8, 4) is 0 Å². The van der Waals surface area contributed by atoms with Crippen molar-refractivity contribution in [2.45, 2.75) is 32.2 Å². The molecule has 1 unspecified atom stereocenters. The average Bonchev–Trinajstić information content (AvgIpc) is 3.14. The summed E-state index contributed by atoms with van der Waals surface area (Å²) in [6.07, 6.45) is 2.01. The van der Waals surface area contributed by atoms with Crippen LogP contribution in [0.2, 0.25) is 0 Å². The van der Waals surface area contributed by atoms with Crippen LogP contribution in [0.5, 0.6) is 0 Å². The van der Waals surface area contributed by atoms with Crippen LogP contribution in [0.3, 0.4) is 0 Å². The van der Waals surface area contributed by atoms with Crippen molar-refractivity contribution < 1.29 is 19.1 Å². The molecular formula is C18H24N2O4S. The summed E-state index contributed by atoms with van der Waals surface area (Å²) < 4.78 is 5.08. The highest BCUT2D eigenvalue weighted by molar-refractivity contribution is 8.13. The van der Waals surface area contributed by atoms with Gasteiger partial charge in [-0.1, -0.05) is 42.1 Å². The van der Waals surface area contributed by atoms with Crippen LogP contribution in [0.1, 0.15) is 25.3 Å². The third-order valence-electron chi connectivity index (χ3n) is 3.94. The molecule has 1 amide bonds. The molecule has 2 rings (SSSR count). The Morgan fingerprint density at radius 1 is 1.32 bits per heavy atom. The molecule has 6 nitrogen and oxygen atoms in total. The van der Waals surface area contributed by atoms with Crippen molar-refractivity contribution in [1.82, 2.24) is 10.6 Å². The Hall–Kier alpha value is -1.86. The van der Waals surface area contributed by atoms with E-state index in [1.165, 1.54) is 0 Å². The number of benzene rings is 1. The zero-order valence-electron chi connectivity index (χ0n) is 14.3. The number of carbonyl (C=O) groups excluding carboxylic acids is 3. The van der Waals surface area contributed by atoms with Crippen LogP contribution < -0.4 is 10.6 Å². The zero-order valence-corrected chi connectivity index (χ0v) is 15.1. The Bertz CT molecular complexity index is 588. The van der Waals surface area contributed by atoms with Gasteiger partial charge in [0.15, 0.2) is 0 Å². The predicted octanol–water partition coefficient (Wildman–Crippen LogP) is 2.13. The summed E-state index contributed by atoms with van der Waals surface area (Å²) in [5.41, 5.74) is 0.965. The molecule has 0 bridgehead atoms. The first-order valence-corrected chi connectivity index (χ1v) is 9.52. The maximum absolute atomic E-state index is 12.5. The van der Waals surface area contributed by atoms with Crippen molar-refractivity contribution in [2.24, 2.45) is 5.92 Å². The van der Waals surface area contributed by atoms with Gasteiger partial charge in [0.05, 0.1) is 5.92 Å². The van der Waals surface area contributed by atoms with E-state index in [0.29, 0.717) is 19.4 Å². The minimum absolute atomic E-state index is 0.183. The highest BCUT2D eigenvalue weighted by Gasteiger charge is 2.29. The van der Waals surface area contributed by atoms with E-state index < -0.39 is 23.9 Å². The normalized spacial score (nSPS) is 17.7. The molecule has 1 fully saturated rings. The van der Waals surface area contributed by atoms with E-state index in [2.05, 4.69) is 10.6 Å². The van der Waals surface area contributed by atoms with Crippen LogP contribution in [0.15, 0.2) is 30.3 Å². The Morgan fingerprint density at radius 2 is 2.08 bits per heavy atom. The maximum atomic E-state index is 12.5. The quantitative estimate of drug-likeness (QED) is 0.570. The van der Waals surface area contributed by atoms with E-state index >= 15 is 0 Å². The standard InChI is InChI=1S/C18H24N2O4S/c1-2-19-18(23)25-12-14(11-13-7-4-3-5-8-13)16(21)24-17(22)15-9-6-10-20-15/h3-5,7-8,14-15,20H,2,6,9-12H2,1H3,(H,19,23)/t14?,15-/m0/s1. The van der Waals surface area contributed by atoms with Crippen molar-refractivity contribution >= 4 is 28.9 Å². The lowest BCUT2D eigenvalue weighted by Gasteiger charge is -2.16. The summed E-state index contributed by atoms with van der Waals surface area (Å²) in [5.74, 6) is -1.38. The van der Waals surface area contributed by atoms with Gasteiger partial charge in [-0.15, -0.1) is 0 Å². The number of hydrogen-bond donors (Lipinski definition) is 2. The second kappa shape index (κ2) is 10.2. The van der Waals surface area contributed by atoms with Gasteiger partial charge in [0.2, 0.25) is 0 Å². The molecular weight excluding hydrogens is 340 g/mol. The second-order valence-electron chi connectivity index (χ2n) is 5.90. The number of nitrogens with one attached hydrogen (secondary N) is 2. The second-order valence-corrected chi connectivity index (χ2v) is 6.90. The molecule has 0 aliphatic carbocycles. The first-order valence-electron chi connectivity index (χ1n) is 8.53. The van der Waals surface area contributed by atoms with Gasteiger partial charge in [0.25, 0.3) is 5.24 Å². The van der Waals surface area contributed by atoms with Crippen LogP contribution in [0.4, 0.5) is 4.79 Å². The third kappa shape index (κ3) is 6.51. The van der Waals surface area contributed by atoms with Crippen LogP contribution in [0, 0.1) is 5.92 Å². The number of ether oxygens (including phenoxy) is 1. The van der Waals surface area contributed by atoms with E-state index in [0.717, 1.165) is 30.3 Å². The first-order chi connectivity index (χ1) is 12.1. The lowest BCUT2D eigenvalue weighted by molar-refractivity contribution is -0.163. The van der Waals surface area contributed by atoms with Gasteiger partial charge in [-0.3, -0.25) is 9.59 Å². The van der Waals surface area contributed by atoms with E-state index in [1.54, 1.807) is 0 Å². The minimum atomic E-state index is -0.570. The minimum Gasteiger partial charge on any atom is -0.392 e. The summed E-state index contributed by atoms with van der Waals surface area (Å²) in [7, 11) is 0. The Morgan fingerprint density at radius 3 is 2.72 bits per heavy atom. The van der Waals surface area contributed by atoms with Gasteiger partial charge in [-0.05, 0) is 38.3 Å². The van der Waals surface area contributed by atoms with Crippen LogP contribution in [-0.4, -0.2) is 42.1 Å². The molecule has 0 aromatic heterocycles. The molecule has 1 heterocycles. The van der Waals surface area contributed by atoms with Gasteiger partial charge in [-0.25, -0.2) is 4.79 Å². The molecule has 2 atom stereocenters. The van der Waals surface area contributed by atoms with Gasteiger partial charge in [-0.2, -0.15) is 0 Å². The SMILES string of the molecule is CCNC(=O)SCC(Cc1ccccc1)C(=O)OC(=O)[C@@H]1CCCN1. The molecule has 1 aromatic rings. The molecule has 0 radical (unpaired) electrons. The lowest BCUT2D eigenvalue weighted by atomic mass is 10.0. The lowest BCUT2D eigenvalue weighted by Crippen LogP contribution is -2.36. The monoisotopic (exact) mass is 364 g/mol. The number of rotatable bonds is 7. The largest absolute Gasteiger partial charge is 0.392 e. The van der Waals surface area contributed by atoms with Crippen molar-refractivity contribution in [1.29, 1.82) is 0 Å². The van der Waals surface area contributed by atoms with E-state index in [1.807, 2.05) is 37.3 Å². The molecule has 136 valence electrons. The van der Waals surface area contributed by atoms with E-state index in [4.69, 9.17) is 4.74 Å². The molecule has 7 heteroatoms. The van der Waals surface area contributed by atoms with Crippen LogP contribution >= 0.6 is 11.8 Å². The topological polar surface area (TPSA) is 84.5 Å². The number of hydrogen-bond acceptors (Lipinski definition) is 6. The molecule has 2 N–H and O–H groups in total. The zero-order chi connectivity index (χ0) is 18.1. The van der Waals surface area contributed by atoms with Crippen LogP contribution in [-0.2, 0) is 20.7 Å². The Kier molecular flexibility index (Phi) is 7.94. The smallest absolute Gasteiger partial charge is 0.330 e. The number of carbonyl (C=O) groups is 3. The number of amides is 1. The summed E-state index contributed by atoms with van der Waals surface area (Å²) in [6.45, 7) is 3.13. The predicted molar refractivity (Wildman–Crippen MR) is 97.3 cm³/mol. The number of esters is 2. The molecule has 0 saturated carbocycles. The molecule has 1 aromatic carbocycles. The maximum Gasteiger partial charge on any atom is 0.330 e. The fourth-order valence-electron chi connectivity index (χ4n) is 2.62. The van der Waals surface area contributed by atoms with E-state index in [9.17, 15) is 14.4 Å². The molecule has 1 aliphatic rings. The Labute approximate surface area is 152 Å². The molecule has 1 aliphatic heterocycles. The summed E-state index contributed by atoms with van der Waals surface area (Å²) >= 11 is 1.04. The van der Waals surface area contributed by atoms with Gasteiger partial charge in [0, 0.05) is 12.3 Å².